The Balaban J connectivity index is 1.33. The molecule has 3 aliphatic heterocycles. The van der Waals surface area contributed by atoms with E-state index in [2.05, 4.69) is 0 Å². The van der Waals surface area contributed by atoms with Crippen molar-refractivity contribution in [2.75, 3.05) is 0 Å². The summed E-state index contributed by atoms with van der Waals surface area (Å²) in [5, 5.41) is 0. The summed E-state index contributed by atoms with van der Waals surface area (Å²) in [6.07, 6.45) is 10.9. The molecule has 2 unspecified atom stereocenters. The van der Waals surface area contributed by atoms with Gasteiger partial charge in [-0.15, -0.1) is 0 Å². The van der Waals surface area contributed by atoms with Gasteiger partial charge in [0.05, 0.1) is 0 Å². The van der Waals surface area contributed by atoms with E-state index in [1.165, 1.54) is 38.5 Å². The van der Waals surface area contributed by atoms with E-state index >= 15 is 0 Å². The van der Waals surface area contributed by atoms with Crippen molar-refractivity contribution >= 4 is 0 Å². The summed E-state index contributed by atoms with van der Waals surface area (Å²) in [6.45, 7) is 0. The molecule has 2 saturated carbocycles. The van der Waals surface area contributed by atoms with Crippen LogP contribution in [0, 0.1) is 5.92 Å². The van der Waals surface area contributed by atoms with Gasteiger partial charge in [-0.1, -0.05) is 32.1 Å². The lowest BCUT2D eigenvalue weighted by molar-refractivity contribution is -0.105. The standard InChI is InChI=1S/C13H18O3/c1-2-4-9(5-3-1)8-11-6-7-12-13(15-12,16-12)10(11)14-11/h9-10H,1-8H2. The highest BCUT2D eigenvalue weighted by Gasteiger charge is 3.01. The van der Waals surface area contributed by atoms with Crippen LogP contribution in [-0.2, 0) is 14.2 Å². The molecule has 0 amide bonds. The van der Waals surface area contributed by atoms with Crippen LogP contribution in [0.5, 0.6) is 0 Å². The minimum atomic E-state index is -0.236. The number of epoxide rings is 3. The zero-order valence-corrected chi connectivity index (χ0v) is 9.54. The van der Waals surface area contributed by atoms with Crippen molar-refractivity contribution < 1.29 is 14.2 Å². The molecule has 5 aliphatic rings. The fraction of sp³-hybridized carbons (Fsp3) is 1.00. The average Bonchev–Trinajstić information content (AvgIpc) is 3.11. The predicted octanol–water partition coefficient (Wildman–Crippen LogP) is 2.34. The Bertz CT molecular complexity index is 354. The maximum atomic E-state index is 6.01. The number of hydrogen-bond acceptors (Lipinski definition) is 3. The summed E-state index contributed by atoms with van der Waals surface area (Å²) >= 11 is 0. The van der Waals surface area contributed by atoms with Gasteiger partial charge in [0.1, 0.15) is 11.7 Å². The van der Waals surface area contributed by atoms with Crippen LogP contribution >= 0.6 is 0 Å². The molecule has 2 atom stereocenters. The van der Waals surface area contributed by atoms with E-state index < -0.39 is 0 Å². The fourth-order valence-corrected chi connectivity index (χ4v) is 4.36. The maximum absolute atomic E-state index is 6.01. The van der Waals surface area contributed by atoms with E-state index in [-0.39, 0.29) is 23.3 Å². The van der Waals surface area contributed by atoms with Crippen LogP contribution in [0.2, 0.25) is 0 Å². The molecule has 3 heterocycles. The molecule has 5 fully saturated rings. The van der Waals surface area contributed by atoms with Crippen molar-refractivity contribution in [1.29, 1.82) is 0 Å². The zero-order chi connectivity index (χ0) is 10.4. The molecule has 0 bridgehead atoms. The van der Waals surface area contributed by atoms with Crippen LogP contribution in [0.1, 0.15) is 51.4 Å². The molecule has 5 rings (SSSR count). The van der Waals surface area contributed by atoms with Gasteiger partial charge < -0.3 is 14.2 Å². The highest BCUT2D eigenvalue weighted by molar-refractivity contribution is 5.34. The number of rotatable bonds is 2. The molecule has 0 aromatic heterocycles. The van der Waals surface area contributed by atoms with Gasteiger partial charge in [-0.25, -0.2) is 0 Å². The van der Waals surface area contributed by atoms with E-state index in [4.69, 9.17) is 14.2 Å². The summed E-state index contributed by atoms with van der Waals surface area (Å²) in [5.41, 5.74) is 0.165. The van der Waals surface area contributed by atoms with E-state index in [1.807, 2.05) is 0 Å². The summed E-state index contributed by atoms with van der Waals surface area (Å²) in [6, 6.07) is 0. The Morgan fingerprint density at radius 2 is 1.81 bits per heavy atom. The van der Waals surface area contributed by atoms with Crippen LogP contribution in [0.3, 0.4) is 0 Å². The lowest BCUT2D eigenvalue weighted by Gasteiger charge is -2.25. The molecular formula is C13H18O3. The second-order valence-corrected chi connectivity index (χ2v) is 6.40. The number of fused-ring (bicyclic) bond motifs is 1. The first kappa shape index (κ1) is 8.90. The van der Waals surface area contributed by atoms with E-state index in [0.29, 0.717) is 0 Å². The van der Waals surface area contributed by atoms with Crippen LogP contribution in [0.15, 0.2) is 0 Å². The maximum Gasteiger partial charge on any atom is 0.259 e. The van der Waals surface area contributed by atoms with Crippen LogP contribution < -0.4 is 0 Å². The third kappa shape index (κ3) is 0.856. The van der Waals surface area contributed by atoms with E-state index in [0.717, 1.165) is 18.8 Å². The van der Waals surface area contributed by atoms with Crippen LogP contribution in [-0.4, -0.2) is 23.3 Å². The molecule has 0 radical (unpaired) electrons. The molecule has 3 nitrogen and oxygen atoms in total. The summed E-state index contributed by atoms with van der Waals surface area (Å²) in [4.78, 5) is 0. The van der Waals surface area contributed by atoms with Gasteiger partial charge >= 0.3 is 0 Å². The lowest BCUT2D eigenvalue weighted by atomic mass is 9.77. The number of ether oxygens (including phenoxy) is 3. The molecule has 0 aromatic rings. The van der Waals surface area contributed by atoms with Crippen molar-refractivity contribution in [2.24, 2.45) is 5.92 Å². The highest BCUT2D eigenvalue weighted by Crippen LogP contribution is 2.81. The van der Waals surface area contributed by atoms with Gasteiger partial charge in [-0.3, -0.25) is 0 Å². The van der Waals surface area contributed by atoms with Gasteiger partial charge in [0.2, 0.25) is 5.79 Å². The Morgan fingerprint density at radius 1 is 1.00 bits per heavy atom. The van der Waals surface area contributed by atoms with E-state index in [1.54, 1.807) is 0 Å². The first-order chi connectivity index (χ1) is 7.79. The number of hydrogen-bond donors (Lipinski definition) is 0. The smallest absolute Gasteiger partial charge is 0.259 e. The van der Waals surface area contributed by atoms with Crippen molar-refractivity contribution in [3.05, 3.63) is 0 Å². The summed E-state index contributed by atoms with van der Waals surface area (Å²) in [5.74, 6) is 0.518. The Kier molecular flexibility index (Phi) is 1.31. The summed E-state index contributed by atoms with van der Waals surface area (Å²) < 4.78 is 17.3. The second-order valence-electron chi connectivity index (χ2n) is 6.40. The average molecular weight is 222 g/mol. The van der Waals surface area contributed by atoms with Crippen molar-refractivity contribution in [3.8, 4) is 0 Å². The van der Waals surface area contributed by atoms with Gasteiger partial charge in [0.25, 0.3) is 5.79 Å². The SMILES string of the molecule is C1CCC(CC23CCC45OC4(O5)C2O3)CC1. The van der Waals surface area contributed by atoms with Gasteiger partial charge in [-0.05, 0) is 18.8 Å². The van der Waals surface area contributed by atoms with E-state index in [9.17, 15) is 0 Å². The molecule has 0 aromatic carbocycles. The summed E-state index contributed by atoms with van der Waals surface area (Å²) in [7, 11) is 0. The van der Waals surface area contributed by atoms with Crippen LogP contribution in [0.4, 0.5) is 0 Å². The Hall–Kier alpha value is -0.120. The molecular weight excluding hydrogens is 204 g/mol. The van der Waals surface area contributed by atoms with Crippen molar-refractivity contribution in [2.45, 2.75) is 74.6 Å². The third-order valence-corrected chi connectivity index (χ3v) is 5.44. The normalized spacial score (nSPS) is 61.9. The lowest BCUT2D eigenvalue weighted by Crippen LogP contribution is -2.28. The molecule has 16 heavy (non-hydrogen) atoms. The van der Waals surface area contributed by atoms with Gasteiger partial charge in [0, 0.05) is 6.42 Å². The molecule has 0 N–H and O–H groups in total. The molecule has 3 heteroatoms. The molecule has 88 valence electrons. The second kappa shape index (κ2) is 2.36. The Labute approximate surface area is 95.4 Å². The Morgan fingerprint density at radius 3 is 2.62 bits per heavy atom. The molecule has 2 aliphatic carbocycles. The topological polar surface area (TPSA) is 37.6 Å². The fourth-order valence-electron chi connectivity index (χ4n) is 4.36. The predicted molar refractivity (Wildman–Crippen MR) is 55.7 cm³/mol. The first-order valence-electron chi connectivity index (χ1n) is 6.87. The molecule has 0 spiro atoms. The monoisotopic (exact) mass is 222 g/mol. The minimum Gasteiger partial charge on any atom is -0.360 e. The first-order valence-corrected chi connectivity index (χ1v) is 6.87. The largest absolute Gasteiger partial charge is 0.360 e. The highest BCUT2D eigenvalue weighted by atomic mass is 17.1. The third-order valence-electron chi connectivity index (χ3n) is 5.44. The van der Waals surface area contributed by atoms with Crippen LogP contribution in [0.25, 0.3) is 0 Å². The quantitative estimate of drug-likeness (QED) is 0.673. The van der Waals surface area contributed by atoms with Gasteiger partial charge in [0.15, 0.2) is 0 Å². The zero-order valence-electron chi connectivity index (χ0n) is 9.54. The minimum absolute atomic E-state index is 0.149. The van der Waals surface area contributed by atoms with Crippen molar-refractivity contribution in [1.82, 2.24) is 0 Å². The van der Waals surface area contributed by atoms with Gasteiger partial charge in [-0.2, -0.15) is 0 Å². The van der Waals surface area contributed by atoms with Crippen molar-refractivity contribution in [3.63, 3.8) is 0 Å². The molecule has 3 saturated heterocycles.